The van der Waals surface area contributed by atoms with E-state index >= 15 is 0 Å². The van der Waals surface area contributed by atoms with Crippen LogP contribution in [0.5, 0.6) is 0 Å². The first-order chi connectivity index (χ1) is 18.3. The zero-order valence-corrected chi connectivity index (χ0v) is 22.0. The van der Waals surface area contributed by atoms with Crippen LogP contribution in [0.25, 0.3) is 16.7 Å². The summed E-state index contributed by atoms with van der Waals surface area (Å²) in [6, 6.07) is 8.75. The molecule has 0 aromatic carbocycles. The van der Waals surface area contributed by atoms with Crippen molar-refractivity contribution in [3.63, 3.8) is 0 Å². The molecular weight excluding hydrogens is 486 g/mol. The molecule has 3 rings (SSSR count). The van der Waals surface area contributed by atoms with Crippen LogP contribution in [-0.2, 0) is 25.5 Å². The van der Waals surface area contributed by atoms with Crippen molar-refractivity contribution < 1.29 is 19.0 Å². The molecular formula is C28H31N5O5. The molecule has 0 N–H and O–H groups in total. The van der Waals surface area contributed by atoms with Crippen LogP contribution >= 0.6 is 0 Å². The fourth-order valence-electron chi connectivity index (χ4n) is 3.73. The molecule has 3 aromatic rings. The van der Waals surface area contributed by atoms with Gasteiger partial charge in [-0.3, -0.25) is 14.0 Å². The van der Waals surface area contributed by atoms with Crippen LogP contribution < -0.4 is 11.0 Å². The zero-order valence-electron chi connectivity index (χ0n) is 22.0. The first kappa shape index (κ1) is 28.1. The molecule has 38 heavy (non-hydrogen) atoms. The van der Waals surface area contributed by atoms with E-state index in [2.05, 4.69) is 22.6 Å². The fourth-order valence-corrected chi connectivity index (χ4v) is 3.73. The van der Waals surface area contributed by atoms with Gasteiger partial charge in [-0.1, -0.05) is 12.6 Å². The SMILES string of the molecule is C=C/C(=C\C(=C/CC(=O)N=c1c(C#N)cc2c(=O)n3ccccc3nc2n1CCCOC(C)C)OC)OC. The number of nitrogens with zero attached hydrogens (tertiary/aromatic N) is 5. The highest BCUT2D eigenvalue weighted by atomic mass is 16.5. The van der Waals surface area contributed by atoms with Crippen molar-refractivity contribution in [3.8, 4) is 6.07 Å². The highest BCUT2D eigenvalue weighted by Crippen LogP contribution is 2.12. The minimum atomic E-state index is -0.508. The van der Waals surface area contributed by atoms with Gasteiger partial charge in [0.15, 0.2) is 5.49 Å². The van der Waals surface area contributed by atoms with E-state index in [-0.39, 0.29) is 34.5 Å². The Morgan fingerprint density at radius 1 is 1.26 bits per heavy atom. The number of fused-ring (bicyclic) bond motifs is 2. The van der Waals surface area contributed by atoms with Gasteiger partial charge < -0.3 is 18.8 Å². The van der Waals surface area contributed by atoms with E-state index in [1.165, 1.54) is 30.8 Å². The maximum absolute atomic E-state index is 13.2. The van der Waals surface area contributed by atoms with E-state index in [1.807, 2.05) is 13.8 Å². The molecule has 0 bridgehead atoms. The number of nitriles is 1. The summed E-state index contributed by atoms with van der Waals surface area (Å²) in [6.45, 7) is 8.31. The smallest absolute Gasteiger partial charge is 0.267 e. The van der Waals surface area contributed by atoms with E-state index in [1.54, 1.807) is 41.1 Å². The predicted molar refractivity (Wildman–Crippen MR) is 143 cm³/mol. The number of amides is 1. The summed E-state index contributed by atoms with van der Waals surface area (Å²) in [5.74, 6) is 0.352. The van der Waals surface area contributed by atoms with Crippen LogP contribution in [0.15, 0.2) is 76.6 Å². The summed E-state index contributed by atoms with van der Waals surface area (Å²) in [5.41, 5.74) is 0.684. The highest BCUT2D eigenvalue weighted by Gasteiger charge is 2.15. The average Bonchev–Trinajstić information content (AvgIpc) is 2.92. The molecule has 3 heterocycles. The van der Waals surface area contributed by atoms with Crippen molar-refractivity contribution in [3.05, 3.63) is 88.2 Å². The third-order valence-corrected chi connectivity index (χ3v) is 5.55. The second-order valence-corrected chi connectivity index (χ2v) is 8.48. The predicted octanol–water partition coefficient (Wildman–Crippen LogP) is 3.40. The largest absolute Gasteiger partial charge is 0.497 e. The van der Waals surface area contributed by atoms with Crippen molar-refractivity contribution in [2.45, 2.75) is 39.3 Å². The molecule has 0 saturated carbocycles. The Bertz CT molecular complexity index is 1570. The van der Waals surface area contributed by atoms with Crippen molar-refractivity contribution in [2.24, 2.45) is 4.99 Å². The van der Waals surface area contributed by atoms with Crippen LogP contribution in [0.3, 0.4) is 0 Å². The number of hydrogen-bond acceptors (Lipinski definition) is 7. The van der Waals surface area contributed by atoms with Crippen molar-refractivity contribution in [2.75, 3.05) is 20.8 Å². The van der Waals surface area contributed by atoms with Gasteiger partial charge in [-0.2, -0.15) is 10.3 Å². The number of hydrogen-bond donors (Lipinski definition) is 0. The standard InChI is InChI=1S/C28H31N5O5/c1-6-21(36-4)17-22(37-5)11-12-25(34)31-26-20(18-29)16-23-27(33(26)14-9-15-38-19(2)3)30-24-10-7-8-13-32(24)28(23)35/h6-8,10-11,13,16-17,19H,1,9,12,14-15H2,2-5H3/b21-17+,22-11+,31-26?. The van der Waals surface area contributed by atoms with Crippen LogP contribution in [0.4, 0.5) is 0 Å². The monoisotopic (exact) mass is 517 g/mol. The third-order valence-electron chi connectivity index (χ3n) is 5.55. The van der Waals surface area contributed by atoms with Gasteiger partial charge in [0.25, 0.3) is 11.5 Å². The van der Waals surface area contributed by atoms with Gasteiger partial charge in [-0.05, 0) is 50.6 Å². The number of allylic oxidation sites excluding steroid dienone is 2. The second kappa shape index (κ2) is 13.2. The molecule has 3 aromatic heterocycles. The third kappa shape index (κ3) is 6.63. The van der Waals surface area contributed by atoms with E-state index in [4.69, 9.17) is 14.2 Å². The highest BCUT2D eigenvalue weighted by molar-refractivity contribution is 5.80. The lowest BCUT2D eigenvalue weighted by molar-refractivity contribution is -0.117. The number of carbonyl (C=O) groups excluding carboxylic acids is 1. The van der Waals surface area contributed by atoms with Gasteiger partial charge in [0.1, 0.15) is 28.9 Å². The summed E-state index contributed by atoms with van der Waals surface area (Å²) in [7, 11) is 2.97. The van der Waals surface area contributed by atoms with Gasteiger partial charge in [0.05, 0.1) is 37.7 Å². The number of aryl methyl sites for hydroxylation is 1. The lowest BCUT2D eigenvalue weighted by Gasteiger charge is -2.14. The molecule has 10 nitrogen and oxygen atoms in total. The Labute approximate surface area is 220 Å². The molecule has 0 atom stereocenters. The Balaban J connectivity index is 2.17. The van der Waals surface area contributed by atoms with Crippen LogP contribution in [0, 0.1) is 11.3 Å². The molecule has 0 fully saturated rings. The first-order valence-corrected chi connectivity index (χ1v) is 12.1. The lowest BCUT2D eigenvalue weighted by Crippen LogP contribution is -2.30. The molecule has 198 valence electrons. The maximum atomic E-state index is 13.2. The molecule has 0 aliphatic heterocycles. The van der Waals surface area contributed by atoms with E-state index in [0.29, 0.717) is 42.4 Å². The number of ether oxygens (including phenoxy) is 3. The van der Waals surface area contributed by atoms with E-state index < -0.39 is 5.91 Å². The Kier molecular flexibility index (Phi) is 9.73. The number of carbonyl (C=O) groups is 1. The normalized spacial score (nSPS) is 12.7. The van der Waals surface area contributed by atoms with Gasteiger partial charge >= 0.3 is 0 Å². The van der Waals surface area contributed by atoms with Crippen molar-refractivity contribution in [1.82, 2.24) is 14.0 Å². The molecule has 0 saturated heterocycles. The van der Waals surface area contributed by atoms with Crippen LogP contribution in [0.1, 0.15) is 32.3 Å². The fraction of sp³-hybridized carbons (Fsp3) is 0.321. The minimum absolute atomic E-state index is 0.0511. The Morgan fingerprint density at radius 2 is 2.03 bits per heavy atom. The zero-order chi connectivity index (χ0) is 27.7. The summed E-state index contributed by atoms with van der Waals surface area (Å²) >= 11 is 0. The lowest BCUT2D eigenvalue weighted by atomic mass is 10.2. The molecule has 0 spiro atoms. The molecule has 10 heteroatoms. The van der Waals surface area contributed by atoms with E-state index in [9.17, 15) is 14.9 Å². The summed E-state index contributed by atoms with van der Waals surface area (Å²) in [4.78, 5) is 35.1. The molecule has 0 aliphatic carbocycles. The van der Waals surface area contributed by atoms with Gasteiger partial charge in [0.2, 0.25) is 0 Å². The molecule has 0 unspecified atom stereocenters. The summed E-state index contributed by atoms with van der Waals surface area (Å²) < 4.78 is 19.2. The summed E-state index contributed by atoms with van der Waals surface area (Å²) in [5, 5.41) is 10.2. The summed E-state index contributed by atoms with van der Waals surface area (Å²) in [6.07, 6.45) is 6.79. The Hall–Kier alpha value is -4.49. The second-order valence-electron chi connectivity index (χ2n) is 8.48. The van der Waals surface area contributed by atoms with Crippen molar-refractivity contribution in [1.29, 1.82) is 5.26 Å². The molecule has 0 radical (unpaired) electrons. The number of methoxy groups -OCH3 is 2. The molecule has 0 aliphatic rings. The molecule has 1 amide bonds. The Morgan fingerprint density at radius 3 is 2.68 bits per heavy atom. The quantitative estimate of drug-likeness (QED) is 0.165. The van der Waals surface area contributed by atoms with Crippen LogP contribution in [-0.4, -0.2) is 46.8 Å². The van der Waals surface area contributed by atoms with Crippen molar-refractivity contribution >= 4 is 22.6 Å². The van der Waals surface area contributed by atoms with Gasteiger partial charge in [-0.25, -0.2) is 4.98 Å². The van der Waals surface area contributed by atoms with Gasteiger partial charge in [-0.15, -0.1) is 0 Å². The van der Waals surface area contributed by atoms with Gasteiger partial charge in [0, 0.05) is 25.4 Å². The van der Waals surface area contributed by atoms with E-state index in [0.717, 1.165) is 0 Å². The first-order valence-electron chi connectivity index (χ1n) is 12.1. The maximum Gasteiger partial charge on any atom is 0.267 e. The average molecular weight is 518 g/mol. The van der Waals surface area contributed by atoms with Crippen LogP contribution in [0.2, 0.25) is 0 Å². The minimum Gasteiger partial charge on any atom is -0.497 e. The number of rotatable bonds is 11. The number of pyridine rings is 2. The number of aromatic nitrogens is 3. The topological polar surface area (TPSA) is 120 Å².